The van der Waals surface area contributed by atoms with Crippen molar-refractivity contribution in [1.29, 1.82) is 0 Å². The molecule has 3 rings (SSSR count). The highest BCUT2D eigenvalue weighted by molar-refractivity contribution is 5.87. The quantitative estimate of drug-likeness (QED) is 0.820. The Kier molecular flexibility index (Phi) is 5.74. The van der Waals surface area contributed by atoms with Crippen LogP contribution >= 0.6 is 0 Å². The number of hydrogen-bond acceptors (Lipinski definition) is 3. The van der Waals surface area contributed by atoms with Crippen LogP contribution in [0, 0.1) is 6.92 Å². The third-order valence-corrected chi connectivity index (χ3v) is 4.76. The molecule has 1 aliphatic heterocycles. The van der Waals surface area contributed by atoms with Gasteiger partial charge in [0.25, 0.3) is 0 Å². The minimum absolute atomic E-state index is 0.00883. The summed E-state index contributed by atoms with van der Waals surface area (Å²) in [5.41, 5.74) is 2.87. The number of rotatable bonds is 6. The zero-order valence-electron chi connectivity index (χ0n) is 14.8. The molecule has 1 N–H and O–H groups in total. The average Bonchev–Trinajstić information content (AvgIpc) is 2.85. The molecule has 0 spiro atoms. The van der Waals surface area contributed by atoms with E-state index in [0.717, 1.165) is 60.9 Å². The number of benzene rings is 1. The lowest BCUT2D eigenvalue weighted by Crippen LogP contribution is -2.34. The molecule has 1 fully saturated rings. The fourth-order valence-electron chi connectivity index (χ4n) is 3.34. The van der Waals surface area contributed by atoms with E-state index in [4.69, 9.17) is 4.42 Å². The van der Waals surface area contributed by atoms with E-state index in [2.05, 4.69) is 5.32 Å². The maximum Gasteiger partial charge on any atom is 0.224 e. The molecule has 1 aromatic heterocycles. The molecule has 2 amide bonds. The van der Waals surface area contributed by atoms with Gasteiger partial charge in [0.15, 0.2) is 0 Å². The molecular weight excluding hydrogens is 316 g/mol. The van der Waals surface area contributed by atoms with Crippen molar-refractivity contribution in [1.82, 2.24) is 10.2 Å². The Morgan fingerprint density at radius 3 is 3.04 bits per heavy atom. The van der Waals surface area contributed by atoms with Crippen LogP contribution < -0.4 is 5.32 Å². The fraction of sp³-hybridized carbons (Fsp3) is 0.500. The second kappa shape index (κ2) is 8.19. The van der Waals surface area contributed by atoms with Crippen molar-refractivity contribution in [2.24, 2.45) is 0 Å². The van der Waals surface area contributed by atoms with Gasteiger partial charge in [0.05, 0.1) is 12.7 Å². The Morgan fingerprint density at radius 1 is 1.28 bits per heavy atom. The summed E-state index contributed by atoms with van der Waals surface area (Å²) >= 11 is 0. The summed E-state index contributed by atoms with van der Waals surface area (Å²) in [6, 6.07) is 6.01. The first-order valence-corrected chi connectivity index (χ1v) is 9.15. The molecule has 134 valence electrons. The van der Waals surface area contributed by atoms with Crippen LogP contribution in [0.15, 0.2) is 28.9 Å². The molecule has 1 saturated heterocycles. The predicted octanol–water partition coefficient (Wildman–Crippen LogP) is 3.19. The molecule has 1 aromatic carbocycles. The number of amides is 2. The number of carbonyl (C=O) groups excluding carboxylic acids is 2. The first-order chi connectivity index (χ1) is 12.1. The lowest BCUT2D eigenvalue weighted by atomic mass is 10.1. The minimum atomic E-state index is -0.00883. The Hall–Kier alpha value is -2.30. The largest absolute Gasteiger partial charge is 0.464 e. The molecule has 2 heterocycles. The van der Waals surface area contributed by atoms with Gasteiger partial charge in [-0.05, 0) is 37.8 Å². The van der Waals surface area contributed by atoms with Crippen LogP contribution in [0.5, 0.6) is 0 Å². The van der Waals surface area contributed by atoms with E-state index in [1.54, 1.807) is 6.26 Å². The van der Waals surface area contributed by atoms with Gasteiger partial charge in [0.1, 0.15) is 5.58 Å². The van der Waals surface area contributed by atoms with Crippen LogP contribution in [0.1, 0.15) is 43.2 Å². The van der Waals surface area contributed by atoms with Gasteiger partial charge in [-0.2, -0.15) is 0 Å². The molecule has 5 heteroatoms. The van der Waals surface area contributed by atoms with Gasteiger partial charge in [-0.25, -0.2) is 0 Å². The third kappa shape index (κ3) is 4.62. The maximum atomic E-state index is 12.2. The Labute approximate surface area is 148 Å². The number of aryl methyl sites for hydroxylation is 1. The van der Waals surface area contributed by atoms with Gasteiger partial charge < -0.3 is 14.6 Å². The summed E-state index contributed by atoms with van der Waals surface area (Å²) in [4.78, 5) is 26.0. The number of nitrogens with zero attached hydrogens (tertiary/aromatic N) is 1. The van der Waals surface area contributed by atoms with Gasteiger partial charge in [-0.15, -0.1) is 0 Å². The predicted molar refractivity (Wildman–Crippen MR) is 97.3 cm³/mol. The molecule has 0 radical (unpaired) electrons. The maximum absolute atomic E-state index is 12.2. The highest BCUT2D eigenvalue weighted by Gasteiger charge is 2.16. The van der Waals surface area contributed by atoms with E-state index < -0.39 is 0 Å². The molecule has 25 heavy (non-hydrogen) atoms. The van der Waals surface area contributed by atoms with Crippen molar-refractivity contribution in [2.75, 3.05) is 19.6 Å². The van der Waals surface area contributed by atoms with E-state index in [1.807, 2.05) is 30.0 Å². The summed E-state index contributed by atoms with van der Waals surface area (Å²) in [6.45, 7) is 4.20. The van der Waals surface area contributed by atoms with Gasteiger partial charge in [-0.1, -0.05) is 18.6 Å². The Morgan fingerprint density at radius 2 is 2.16 bits per heavy atom. The van der Waals surface area contributed by atoms with E-state index in [0.29, 0.717) is 19.4 Å². The molecule has 0 bridgehead atoms. The van der Waals surface area contributed by atoms with Crippen molar-refractivity contribution in [2.45, 2.75) is 45.4 Å². The van der Waals surface area contributed by atoms with Gasteiger partial charge in [0, 0.05) is 37.0 Å². The summed E-state index contributed by atoms with van der Waals surface area (Å²) in [6.07, 6.45) is 6.67. The van der Waals surface area contributed by atoms with Gasteiger partial charge in [-0.3, -0.25) is 9.59 Å². The summed E-state index contributed by atoms with van der Waals surface area (Å²) < 4.78 is 5.54. The van der Waals surface area contributed by atoms with Gasteiger partial charge >= 0.3 is 0 Å². The molecule has 2 aromatic rings. The van der Waals surface area contributed by atoms with Crippen molar-refractivity contribution in [3.05, 3.63) is 35.6 Å². The first kappa shape index (κ1) is 17.5. The lowest BCUT2D eigenvalue weighted by Gasteiger charge is -2.20. The Bertz CT molecular complexity index is 750. The highest BCUT2D eigenvalue weighted by atomic mass is 16.3. The summed E-state index contributed by atoms with van der Waals surface area (Å²) in [5, 5.41) is 3.94. The van der Waals surface area contributed by atoms with Crippen LogP contribution in [0.2, 0.25) is 0 Å². The minimum Gasteiger partial charge on any atom is -0.464 e. The SMILES string of the molecule is Cc1ccc2c(CC(=O)NCCCN3CCCCCC3=O)coc2c1. The van der Waals surface area contributed by atoms with Crippen molar-refractivity contribution in [3.8, 4) is 0 Å². The Balaban J connectivity index is 1.44. The second-order valence-corrected chi connectivity index (χ2v) is 6.83. The second-order valence-electron chi connectivity index (χ2n) is 6.83. The monoisotopic (exact) mass is 342 g/mol. The van der Waals surface area contributed by atoms with Crippen LogP contribution in [0.3, 0.4) is 0 Å². The molecule has 0 aliphatic carbocycles. The molecule has 1 aliphatic rings. The smallest absolute Gasteiger partial charge is 0.224 e. The fourth-order valence-corrected chi connectivity index (χ4v) is 3.34. The highest BCUT2D eigenvalue weighted by Crippen LogP contribution is 2.22. The number of carbonyl (C=O) groups is 2. The van der Waals surface area contributed by atoms with Crippen LogP contribution in [-0.2, 0) is 16.0 Å². The molecule has 0 saturated carbocycles. The standard InChI is InChI=1S/C20H26N2O3/c1-15-7-8-17-16(14-25-18(17)12-15)13-19(23)21-9-5-11-22-10-4-2-3-6-20(22)24/h7-8,12,14H,2-6,9-11,13H2,1H3,(H,21,23). The molecule has 5 nitrogen and oxygen atoms in total. The molecule has 0 unspecified atom stereocenters. The summed E-state index contributed by atoms with van der Waals surface area (Å²) in [5.74, 6) is 0.245. The number of fused-ring (bicyclic) bond motifs is 1. The van der Waals surface area contributed by atoms with Crippen molar-refractivity contribution in [3.63, 3.8) is 0 Å². The van der Waals surface area contributed by atoms with Gasteiger partial charge in [0.2, 0.25) is 11.8 Å². The van der Waals surface area contributed by atoms with Crippen LogP contribution in [0.25, 0.3) is 11.0 Å². The van der Waals surface area contributed by atoms with E-state index >= 15 is 0 Å². The topological polar surface area (TPSA) is 62.6 Å². The molecular formula is C20H26N2O3. The molecule has 0 atom stereocenters. The summed E-state index contributed by atoms with van der Waals surface area (Å²) in [7, 11) is 0. The average molecular weight is 342 g/mol. The third-order valence-electron chi connectivity index (χ3n) is 4.76. The normalized spacial score (nSPS) is 15.4. The van der Waals surface area contributed by atoms with Crippen LogP contribution in [-0.4, -0.2) is 36.3 Å². The number of nitrogens with one attached hydrogen (secondary N) is 1. The first-order valence-electron chi connectivity index (χ1n) is 9.15. The number of furan rings is 1. The number of hydrogen-bond donors (Lipinski definition) is 1. The van der Waals surface area contributed by atoms with E-state index in [9.17, 15) is 9.59 Å². The van der Waals surface area contributed by atoms with E-state index in [1.165, 1.54) is 0 Å². The zero-order valence-corrected chi connectivity index (χ0v) is 14.8. The van der Waals surface area contributed by atoms with Crippen molar-refractivity contribution < 1.29 is 14.0 Å². The van der Waals surface area contributed by atoms with E-state index in [-0.39, 0.29) is 11.8 Å². The zero-order chi connectivity index (χ0) is 17.6. The van der Waals surface area contributed by atoms with Crippen LogP contribution in [0.4, 0.5) is 0 Å². The lowest BCUT2D eigenvalue weighted by molar-refractivity contribution is -0.130. The number of likely N-dealkylation sites (tertiary alicyclic amines) is 1. The van der Waals surface area contributed by atoms with Crippen molar-refractivity contribution >= 4 is 22.8 Å².